The van der Waals surface area contributed by atoms with E-state index in [-0.39, 0.29) is 0 Å². The zero-order chi connectivity index (χ0) is 34.0. The second-order valence-corrected chi connectivity index (χ2v) is 12.9. The van der Waals surface area contributed by atoms with E-state index in [9.17, 15) is 0 Å². The summed E-state index contributed by atoms with van der Waals surface area (Å²) in [5, 5.41) is 4.93. The number of hydrogen-bond acceptors (Lipinski definition) is 1. The van der Waals surface area contributed by atoms with Crippen LogP contribution in [0.5, 0.6) is 0 Å². The van der Waals surface area contributed by atoms with Crippen molar-refractivity contribution in [1.29, 1.82) is 0 Å². The van der Waals surface area contributed by atoms with E-state index in [1.165, 1.54) is 71.7 Å². The Kier molecular flexibility index (Phi) is 7.92. The fourth-order valence-corrected chi connectivity index (χ4v) is 7.49. The van der Waals surface area contributed by atoms with E-state index in [0.29, 0.717) is 0 Å². The van der Waals surface area contributed by atoms with Gasteiger partial charge >= 0.3 is 0 Å². The Bertz CT molecular complexity index is 2590. The van der Waals surface area contributed by atoms with Crippen molar-refractivity contribution in [2.45, 2.75) is 0 Å². The molecule has 1 nitrogen and oxygen atoms in total. The number of nitrogens with zero attached hydrogens (tertiary/aromatic N) is 1. The van der Waals surface area contributed by atoms with E-state index < -0.39 is 0 Å². The third-order valence-corrected chi connectivity index (χ3v) is 9.87. The van der Waals surface area contributed by atoms with Gasteiger partial charge in [0.25, 0.3) is 0 Å². The first-order valence-corrected chi connectivity index (χ1v) is 17.5. The van der Waals surface area contributed by atoms with Gasteiger partial charge in [-0.15, -0.1) is 0 Å². The van der Waals surface area contributed by atoms with Gasteiger partial charge in [0.1, 0.15) is 0 Å². The molecule has 240 valence electrons. The number of anilines is 3. The maximum atomic E-state index is 2.46. The molecule has 0 radical (unpaired) electrons. The smallest absolute Gasteiger partial charge is 0.0624 e. The molecule has 9 rings (SSSR count). The van der Waals surface area contributed by atoms with Crippen molar-refractivity contribution in [2.24, 2.45) is 0 Å². The molecular formula is C50H35N. The summed E-state index contributed by atoms with van der Waals surface area (Å²) in [6.45, 7) is 0. The van der Waals surface area contributed by atoms with Crippen molar-refractivity contribution in [2.75, 3.05) is 4.90 Å². The average molecular weight is 650 g/mol. The molecule has 9 aromatic rings. The summed E-state index contributed by atoms with van der Waals surface area (Å²) in [5.41, 5.74) is 13.0. The quantitative estimate of drug-likeness (QED) is 0.155. The van der Waals surface area contributed by atoms with Crippen LogP contribution in [-0.4, -0.2) is 0 Å². The van der Waals surface area contributed by atoms with E-state index >= 15 is 0 Å². The van der Waals surface area contributed by atoms with Crippen molar-refractivity contribution < 1.29 is 0 Å². The van der Waals surface area contributed by atoms with Crippen molar-refractivity contribution in [1.82, 2.24) is 0 Å². The fourth-order valence-electron chi connectivity index (χ4n) is 7.49. The van der Waals surface area contributed by atoms with Crippen LogP contribution in [0, 0.1) is 0 Å². The zero-order valence-corrected chi connectivity index (χ0v) is 28.2. The van der Waals surface area contributed by atoms with Crippen molar-refractivity contribution in [3.8, 4) is 44.5 Å². The van der Waals surface area contributed by atoms with Gasteiger partial charge in [0.15, 0.2) is 0 Å². The van der Waals surface area contributed by atoms with Crippen LogP contribution in [0.1, 0.15) is 0 Å². The highest BCUT2D eigenvalue weighted by molar-refractivity contribution is 6.22. The van der Waals surface area contributed by atoms with Crippen LogP contribution in [0.2, 0.25) is 0 Å². The van der Waals surface area contributed by atoms with Crippen molar-refractivity contribution in [3.05, 3.63) is 212 Å². The van der Waals surface area contributed by atoms with Gasteiger partial charge < -0.3 is 4.90 Å². The van der Waals surface area contributed by atoms with E-state index in [1.807, 2.05) is 0 Å². The second-order valence-electron chi connectivity index (χ2n) is 12.9. The minimum absolute atomic E-state index is 1.10. The molecular weight excluding hydrogens is 615 g/mol. The Morgan fingerprint density at radius 2 is 0.588 bits per heavy atom. The lowest BCUT2D eigenvalue weighted by molar-refractivity contribution is 1.30. The summed E-state index contributed by atoms with van der Waals surface area (Å²) in [5.74, 6) is 0. The summed E-state index contributed by atoms with van der Waals surface area (Å²) < 4.78 is 0. The van der Waals surface area contributed by atoms with Gasteiger partial charge in [0.05, 0.1) is 5.69 Å². The van der Waals surface area contributed by atoms with Gasteiger partial charge in [0.2, 0.25) is 0 Å². The average Bonchev–Trinajstić information content (AvgIpc) is 3.22. The van der Waals surface area contributed by atoms with Crippen LogP contribution in [0.3, 0.4) is 0 Å². The molecule has 0 atom stereocenters. The minimum atomic E-state index is 1.10. The van der Waals surface area contributed by atoms with Gasteiger partial charge in [-0.05, 0) is 79.4 Å². The molecule has 0 amide bonds. The van der Waals surface area contributed by atoms with Crippen LogP contribution in [-0.2, 0) is 0 Å². The molecule has 0 aliphatic heterocycles. The summed E-state index contributed by atoms with van der Waals surface area (Å²) in [7, 11) is 0. The van der Waals surface area contributed by atoms with Crippen molar-refractivity contribution in [3.63, 3.8) is 0 Å². The molecule has 0 saturated carbocycles. The van der Waals surface area contributed by atoms with Crippen LogP contribution in [0.4, 0.5) is 17.1 Å². The maximum Gasteiger partial charge on any atom is 0.0624 e. The number of rotatable bonds is 7. The Balaban J connectivity index is 1.29. The first kappa shape index (κ1) is 30.4. The Hall–Kier alpha value is -6.70. The van der Waals surface area contributed by atoms with Crippen LogP contribution in [0.15, 0.2) is 212 Å². The molecule has 0 unspecified atom stereocenters. The molecule has 0 spiro atoms. The maximum absolute atomic E-state index is 2.46. The fraction of sp³-hybridized carbons (Fsp3) is 0. The lowest BCUT2D eigenvalue weighted by Gasteiger charge is -2.31. The summed E-state index contributed by atoms with van der Waals surface area (Å²) in [4.78, 5) is 2.46. The van der Waals surface area contributed by atoms with E-state index in [2.05, 4.69) is 217 Å². The molecule has 0 N–H and O–H groups in total. The lowest BCUT2D eigenvalue weighted by atomic mass is 9.89. The lowest BCUT2D eigenvalue weighted by Crippen LogP contribution is -2.12. The standard InChI is InChI=1S/C50H35N/c1-4-16-36(17-5-1)37-28-32-41(33-29-37)51(42-34-30-39(31-35-42)44-23-11-10-22-43(44)38-18-6-2-7-19-38)50-48-27-15-13-25-46(48)45-24-12-14-26-47(45)49(50)40-20-8-3-9-21-40/h1-35H. The Morgan fingerprint density at radius 3 is 1.14 bits per heavy atom. The topological polar surface area (TPSA) is 3.24 Å². The molecule has 0 aliphatic carbocycles. The SMILES string of the molecule is c1ccc(-c2ccc(N(c3ccc(-c4ccccc4-c4ccccc4)cc3)c3c(-c4ccccc4)c4ccccc4c4ccccc34)cc2)cc1. The van der Waals surface area contributed by atoms with Crippen LogP contribution >= 0.6 is 0 Å². The van der Waals surface area contributed by atoms with Gasteiger partial charge in [-0.2, -0.15) is 0 Å². The highest BCUT2D eigenvalue weighted by Gasteiger charge is 2.23. The van der Waals surface area contributed by atoms with E-state index in [0.717, 1.165) is 11.4 Å². The van der Waals surface area contributed by atoms with Gasteiger partial charge in [0, 0.05) is 22.3 Å². The minimum Gasteiger partial charge on any atom is -0.309 e. The Morgan fingerprint density at radius 1 is 0.235 bits per heavy atom. The van der Waals surface area contributed by atoms with E-state index in [1.54, 1.807) is 0 Å². The highest BCUT2D eigenvalue weighted by Crippen LogP contribution is 2.49. The second kappa shape index (κ2) is 13.3. The molecule has 0 aliphatic rings. The van der Waals surface area contributed by atoms with Gasteiger partial charge in [-0.1, -0.05) is 188 Å². The predicted molar refractivity (Wildman–Crippen MR) is 218 cm³/mol. The van der Waals surface area contributed by atoms with Gasteiger partial charge in [-0.3, -0.25) is 0 Å². The third kappa shape index (κ3) is 5.65. The number of fused-ring (bicyclic) bond motifs is 3. The third-order valence-electron chi connectivity index (χ3n) is 9.87. The summed E-state index contributed by atoms with van der Waals surface area (Å²) in [6.07, 6.45) is 0. The zero-order valence-electron chi connectivity index (χ0n) is 28.2. The summed E-state index contributed by atoms with van der Waals surface area (Å²) in [6, 6.07) is 76.6. The molecule has 0 fully saturated rings. The normalized spacial score (nSPS) is 11.1. The molecule has 0 aromatic heterocycles. The predicted octanol–water partition coefficient (Wildman–Crippen LogP) is 14.1. The molecule has 9 aromatic carbocycles. The number of benzene rings is 9. The Labute approximate surface area is 299 Å². The molecule has 51 heavy (non-hydrogen) atoms. The largest absolute Gasteiger partial charge is 0.309 e. The van der Waals surface area contributed by atoms with Gasteiger partial charge in [-0.25, -0.2) is 0 Å². The first-order valence-electron chi connectivity index (χ1n) is 17.5. The number of hydrogen-bond donors (Lipinski definition) is 0. The monoisotopic (exact) mass is 649 g/mol. The molecule has 1 heteroatoms. The molecule has 0 heterocycles. The highest BCUT2D eigenvalue weighted by atomic mass is 15.1. The molecule has 0 saturated heterocycles. The molecule has 0 bridgehead atoms. The van der Waals surface area contributed by atoms with E-state index in [4.69, 9.17) is 0 Å². The van der Waals surface area contributed by atoms with Crippen LogP contribution in [0.25, 0.3) is 66.1 Å². The van der Waals surface area contributed by atoms with Crippen molar-refractivity contribution >= 4 is 38.6 Å². The summed E-state index contributed by atoms with van der Waals surface area (Å²) >= 11 is 0. The van der Waals surface area contributed by atoms with Crippen LogP contribution < -0.4 is 4.90 Å². The first-order chi connectivity index (χ1) is 25.3.